The first kappa shape index (κ1) is 19.0. The molecule has 0 unspecified atom stereocenters. The molecule has 5 N–H and O–H groups in total. The van der Waals surface area contributed by atoms with Crippen molar-refractivity contribution in [1.29, 1.82) is 0 Å². The Morgan fingerprint density at radius 3 is 2.44 bits per heavy atom. The summed E-state index contributed by atoms with van der Waals surface area (Å²) >= 11 is 1.30. The van der Waals surface area contributed by atoms with Gasteiger partial charge in [-0.1, -0.05) is 27.7 Å². The highest BCUT2D eigenvalue weighted by atomic mass is 32.1. The maximum Gasteiger partial charge on any atom is 0.351 e. The van der Waals surface area contributed by atoms with Crippen molar-refractivity contribution in [2.24, 2.45) is 11.7 Å². The van der Waals surface area contributed by atoms with Crippen molar-refractivity contribution < 1.29 is 9.53 Å². The number of nitrogens with one attached hydrogen (secondary N) is 1. The van der Waals surface area contributed by atoms with Gasteiger partial charge in [-0.05, 0) is 18.4 Å². The first-order valence-electron chi connectivity index (χ1n) is 5.96. The average Bonchev–Trinajstić information content (AvgIpc) is 2.90. The minimum absolute atomic E-state index is 0.516. The maximum atomic E-state index is 11.1. The predicted molar refractivity (Wildman–Crippen MR) is 77.6 cm³/mol. The van der Waals surface area contributed by atoms with E-state index in [0.717, 1.165) is 5.01 Å². The second kappa shape index (κ2) is 12.2. The first-order valence-corrected chi connectivity index (χ1v) is 6.84. The number of carbonyl (C=O) groups is 1. The molecule has 0 atom stereocenters. The second-order valence-electron chi connectivity index (χ2n) is 2.34. The van der Waals surface area contributed by atoms with Crippen LogP contribution >= 0.6 is 11.3 Å². The third-order valence-corrected chi connectivity index (χ3v) is 2.36. The molecular formula is C11H24N4O2S. The first-order chi connectivity index (χ1) is 8.70. The summed E-state index contributed by atoms with van der Waals surface area (Å²) < 4.78 is 5.26. The zero-order valence-electron chi connectivity index (χ0n) is 11.7. The van der Waals surface area contributed by atoms with Crippen LogP contribution in [0.15, 0.2) is 11.4 Å². The van der Waals surface area contributed by atoms with E-state index in [0.29, 0.717) is 17.4 Å². The molecule has 6 nitrogen and oxygen atoms in total. The third kappa shape index (κ3) is 5.85. The van der Waals surface area contributed by atoms with Crippen LogP contribution in [0, 0.1) is 0 Å². The Balaban J connectivity index is 0. The van der Waals surface area contributed by atoms with Crippen molar-refractivity contribution in [1.82, 2.24) is 5.43 Å². The van der Waals surface area contributed by atoms with Crippen molar-refractivity contribution >= 4 is 22.4 Å². The van der Waals surface area contributed by atoms with E-state index in [4.69, 9.17) is 16.4 Å². The molecule has 0 saturated carbocycles. The number of nitrogens with zero attached hydrogens (tertiary/aromatic N) is 1. The highest BCUT2D eigenvalue weighted by Gasteiger charge is 2.16. The number of carbonyl (C=O) groups excluding carboxylic acids is 1. The van der Waals surface area contributed by atoms with Crippen LogP contribution < -0.4 is 26.9 Å². The lowest BCUT2D eigenvalue weighted by atomic mass is 10.5. The smallest absolute Gasteiger partial charge is 0.351 e. The van der Waals surface area contributed by atoms with Gasteiger partial charge in [0, 0.05) is 0 Å². The number of hydrogen-bond donors (Lipinski definition) is 3. The topological polar surface area (TPSA) is 93.6 Å². The van der Waals surface area contributed by atoms with Crippen LogP contribution in [0.1, 0.15) is 34.6 Å². The minimum Gasteiger partial charge on any atom is -0.491 e. The number of thiophene rings is 1. The summed E-state index contributed by atoms with van der Waals surface area (Å²) in [5.41, 5.74) is 1.94. The summed E-state index contributed by atoms with van der Waals surface area (Å²) in [4.78, 5) is 11.1. The Kier molecular flexibility index (Phi) is 12.9. The molecule has 7 heteroatoms. The molecule has 1 aromatic heterocycles. The van der Waals surface area contributed by atoms with Crippen molar-refractivity contribution in [3.63, 3.8) is 0 Å². The number of urea groups is 1. The molecule has 0 fully saturated rings. The van der Waals surface area contributed by atoms with Crippen molar-refractivity contribution in [3.05, 3.63) is 11.4 Å². The summed E-state index contributed by atoms with van der Waals surface area (Å²) in [7, 11) is 0. The van der Waals surface area contributed by atoms with Crippen LogP contribution in [0.4, 0.5) is 9.80 Å². The summed E-state index contributed by atoms with van der Waals surface area (Å²) in [5.74, 6) is 11.0. The van der Waals surface area contributed by atoms with Gasteiger partial charge >= 0.3 is 6.03 Å². The normalized spacial score (nSPS) is 8.17. The fraction of sp³-hybridized carbons (Fsp3) is 0.545. The number of amides is 2. The molecule has 0 spiro atoms. The maximum absolute atomic E-state index is 11.1. The molecule has 1 aromatic rings. The van der Waals surface area contributed by atoms with Gasteiger partial charge in [0.25, 0.3) is 0 Å². The zero-order chi connectivity index (χ0) is 14.6. The van der Waals surface area contributed by atoms with Gasteiger partial charge in [-0.15, -0.1) is 11.3 Å². The summed E-state index contributed by atoms with van der Waals surface area (Å²) in [6.07, 6.45) is 0. The monoisotopic (exact) mass is 276 g/mol. The van der Waals surface area contributed by atoms with Crippen LogP contribution in [0.5, 0.6) is 5.75 Å². The highest BCUT2D eigenvalue weighted by molar-refractivity contribution is 7.14. The molecule has 2 amide bonds. The molecule has 0 radical (unpaired) electrons. The molecule has 0 aromatic carbocycles. The molecular weight excluding hydrogens is 252 g/mol. The third-order valence-electron chi connectivity index (χ3n) is 1.47. The molecule has 0 aliphatic rings. The number of hydrazine groups is 2. The van der Waals surface area contributed by atoms with E-state index in [9.17, 15) is 4.79 Å². The summed E-state index contributed by atoms with van der Waals surface area (Å²) in [6.45, 7) is 10.4. The van der Waals surface area contributed by atoms with Crippen LogP contribution in [0.3, 0.4) is 0 Å². The fourth-order valence-electron chi connectivity index (χ4n) is 0.892. The van der Waals surface area contributed by atoms with Gasteiger partial charge in [-0.3, -0.25) is 5.43 Å². The van der Waals surface area contributed by atoms with E-state index < -0.39 is 6.03 Å². The van der Waals surface area contributed by atoms with Gasteiger partial charge in [0.05, 0.1) is 6.61 Å². The number of anilines is 1. The Labute approximate surface area is 113 Å². The van der Waals surface area contributed by atoms with Gasteiger partial charge in [-0.2, -0.15) is 0 Å². The van der Waals surface area contributed by atoms with E-state index in [2.05, 4.69) is 0 Å². The Morgan fingerprint density at radius 1 is 1.44 bits per heavy atom. The van der Waals surface area contributed by atoms with E-state index in [1.807, 2.05) is 40.0 Å². The Morgan fingerprint density at radius 2 is 2.00 bits per heavy atom. The fourth-order valence-corrected chi connectivity index (χ4v) is 1.65. The summed E-state index contributed by atoms with van der Waals surface area (Å²) in [6, 6.07) is 1.15. The van der Waals surface area contributed by atoms with Gasteiger partial charge in [0.2, 0.25) is 0 Å². The standard InChI is InChI=1S/C7H12N4O2S.2C2H6/c1-2-13-5-3-4-14-6(5)11(9)7(12)10-8;2*1-2/h3-4H,2,8-9H2,1H3,(H,10,12);2*1-2H3. The van der Waals surface area contributed by atoms with Gasteiger partial charge in [0.1, 0.15) is 0 Å². The molecule has 1 heterocycles. The molecule has 0 saturated heterocycles. The lowest BCUT2D eigenvalue weighted by Crippen LogP contribution is -2.47. The number of rotatable bonds is 3. The highest BCUT2D eigenvalue weighted by Crippen LogP contribution is 2.32. The van der Waals surface area contributed by atoms with Crippen LogP contribution in [-0.4, -0.2) is 12.6 Å². The van der Waals surface area contributed by atoms with Crippen molar-refractivity contribution in [3.8, 4) is 5.75 Å². The largest absolute Gasteiger partial charge is 0.491 e. The second-order valence-corrected chi connectivity index (χ2v) is 3.24. The molecule has 106 valence electrons. The molecule has 18 heavy (non-hydrogen) atoms. The van der Waals surface area contributed by atoms with Gasteiger partial charge in [0.15, 0.2) is 10.8 Å². The van der Waals surface area contributed by atoms with Crippen molar-refractivity contribution in [2.75, 3.05) is 11.6 Å². The average molecular weight is 276 g/mol. The summed E-state index contributed by atoms with van der Waals surface area (Å²) in [5, 5.41) is 3.22. The van der Waals surface area contributed by atoms with Gasteiger partial charge in [-0.25, -0.2) is 21.5 Å². The molecule has 1 rings (SSSR count). The Hall–Kier alpha value is -1.31. The van der Waals surface area contributed by atoms with E-state index in [-0.39, 0.29) is 0 Å². The van der Waals surface area contributed by atoms with E-state index in [1.165, 1.54) is 11.3 Å². The van der Waals surface area contributed by atoms with E-state index in [1.54, 1.807) is 11.4 Å². The predicted octanol–water partition coefficient (Wildman–Crippen LogP) is 2.46. The van der Waals surface area contributed by atoms with Gasteiger partial charge < -0.3 is 4.74 Å². The minimum atomic E-state index is -0.589. The SMILES string of the molecule is CC.CC.CCOc1ccsc1N(N)C(=O)NN. The Bertz CT molecular complexity index is 318. The van der Waals surface area contributed by atoms with Crippen LogP contribution in [0.25, 0.3) is 0 Å². The number of hydrogen-bond acceptors (Lipinski definition) is 5. The quantitative estimate of drug-likeness (QED) is 0.449. The zero-order valence-corrected chi connectivity index (χ0v) is 12.5. The van der Waals surface area contributed by atoms with Crippen LogP contribution in [-0.2, 0) is 0 Å². The number of nitrogens with two attached hydrogens (primary N) is 2. The lowest BCUT2D eigenvalue weighted by Gasteiger charge is -2.15. The van der Waals surface area contributed by atoms with E-state index >= 15 is 0 Å². The van der Waals surface area contributed by atoms with Crippen LogP contribution in [0.2, 0.25) is 0 Å². The number of ether oxygens (including phenoxy) is 1. The lowest BCUT2D eigenvalue weighted by molar-refractivity contribution is 0.246. The molecule has 0 aliphatic carbocycles. The molecule has 0 bridgehead atoms. The molecule has 0 aliphatic heterocycles. The van der Waals surface area contributed by atoms with Crippen molar-refractivity contribution in [2.45, 2.75) is 34.6 Å².